The van der Waals surface area contributed by atoms with Crippen LogP contribution in [0.3, 0.4) is 0 Å². The number of amides is 1. The molecule has 0 saturated heterocycles. The lowest BCUT2D eigenvalue weighted by atomic mass is 10.1. The first-order valence-corrected chi connectivity index (χ1v) is 7.70. The summed E-state index contributed by atoms with van der Waals surface area (Å²) in [6, 6.07) is 11.8. The second-order valence-corrected chi connectivity index (χ2v) is 5.76. The third-order valence-electron chi connectivity index (χ3n) is 4.06. The average Bonchev–Trinajstić information content (AvgIpc) is 3.40. The fraction of sp³-hybridized carbons (Fsp3) is 0.333. The van der Waals surface area contributed by atoms with Gasteiger partial charge >= 0.3 is 0 Å². The summed E-state index contributed by atoms with van der Waals surface area (Å²) in [6.07, 6.45) is 6.23. The molecule has 0 spiro atoms. The van der Waals surface area contributed by atoms with Gasteiger partial charge in [-0.3, -0.25) is 9.78 Å². The molecule has 0 radical (unpaired) electrons. The third kappa shape index (κ3) is 3.52. The first kappa shape index (κ1) is 14.7. The number of rotatable bonds is 6. The van der Waals surface area contributed by atoms with E-state index in [1.54, 1.807) is 12.4 Å². The van der Waals surface area contributed by atoms with E-state index < -0.39 is 0 Å². The van der Waals surface area contributed by atoms with E-state index in [9.17, 15) is 4.79 Å². The number of carbonyl (C=O) groups excluding carboxylic acids is 1. The summed E-state index contributed by atoms with van der Waals surface area (Å²) in [6.45, 7) is 0.101. The van der Waals surface area contributed by atoms with Gasteiger partial charge in [0.1, 0.15) is 0 Å². The van der Waals surface area contributed by atoms with Crippen LogP contribution in [0.15, 0.2) is 48.8 Å². The molecule has 1 aliphatic rings. The quantitative estimate of drug-likeness (QED) is 0.861. The summed E-state index contributed by atoms with van der Waals surface area (Å²) >= 11 is 0. The van der Waals surface area contributed by atoms with Gasteiger partial charge in [0.05, 0.1) is 5.56 Å². The Bertz CT molecular complexity index is 639. The van der Waals surface area contributed by atoms with E-state index in [4.69, 9.17) is 5.11 Å². The minimum atomic E-state index is -0.115. The van der Waals surface area contributed by atoms with Gasteiger partial charge in [-0.2, -0.15) is 0 Å². The predicted octanol–water partition coefficient (Wildman–Crippen LogP) is 2.64. The van der Waals surface area contributed by atoms with Crippen LogP contribution in [0.2, 0.25) is 0 Å². The van der Waals surface area contributed by atoms with Crippen LogP contribution in [0, 0.1) is 5.92 Å². The highest BCUT2D eigenvalue weighted by Gasteiger charge is 2.32. The molecule has 1 aromatic heterocycles. The Kier molecular flexibility index (Phi) is 4.49. The Balaban J connectivity index is 1.75. The fourth-order valence-electron chi connectivity index (χ4n) is 2.67. The van der Waals surface area contributed by atoms with Crippen LogP contribution in [0.1, 0.15) is 29.6 Å². The third-order valence-corrected chi connectivity index (χ3v) is 4.06. The molecule has 4 nitrogen and oxygen atoms in total. The number of benzene rings is 1. The molecule has 1 aliphatic carbocycles. The van der Waals surface area contributed by atoms with Crippen LogP contribution in [-0.4, -0.2) is 28.6 Å². The van der Waals surface area contributed by atoms with Crippen LogP contribution in [-0.2, 0) is 0 Å². The van der Waals surface area contributed by atoms with Crippen molar-refractivity contribution in [2.24, 2.45) is 5.92 Å². The highest BCUT2D eigenvalue weighted by molar-refractivity contribution is 5.95. The first-order chi connectivity index (χ1) is 10.8. The molecule has 1 amide bonds. The maximum atomic E-state index is 12.4. The summed E-state index contributed by atoms with van der Waals surface area (Å²) in [5, 5.41) is 12.2. The highest BCUT2D eigenvalue weighted by atomic mass is 16.3. The predicted molar refractivity (Wildman–Crippen MR) is 85.4 cm³/mol. The van der Waals surface area contributed by atoms with Crippen molar-refractivity contribution in [3.63, 3.8) is 0 Å². The van der Waals surface area contributed by atoms with E-state index in [-0.39, 0.29) is 18.6 Å². The van der Waals surface area contributed by atoms with Gasteiger partial charge in [0.2, 0.25) is 0 Å². The number of carbonyl (C=O) groups is 1. The van der Waals surface area contributed by atoms with Crippen LogP contribution >= 0.6 is 0 Å². The van der Waals surface area contributed by atoms with Gasteiger partial charge in [0.15, 0.2) is 0 Å². The van der Waals surface area contributed by atoms with Gasteiger partial charge in [-0.25, -0.2) is 0 Å². The summed E-state index contributed by atoms with van der Waals surface area (Å²) in [5.74, 6) is 0.400. The molecule has 4 heteroatoms. The molecule has 22 heavy (non-hydrogen) atoms. The number of nitrogens with one attached hydrogen (secondary N) is 1. The van der Waals surface area contributed by atoms with E-state index in [0.29, 0.717) is 17.9 Å². The summed E-state index contributed by atoms with van der Waals surface area (Å²) < 4.78 is 0. The van der Waals surface area contributed by atoms with Crippen molar-refractivity contribution in [1.82, 2.24) is 10.3 Å². The maximum Gasteiger partial charge on any atom is 0.253 e. The van der Waals surface area contributed by atoms with Crippen molar-refractivity contribution >= 4 is 5.91 Å². The van der Waals surface area contributed by atoms with Crippen molar-refractivity contribution in [2.75, 3.05) is 6.61 Å². The SMILES string of the molecule is O=C(NC(CCO)C1CC1)c1cncc(-c2ccccc2)c1. The van der Waals surface area contributed by atoms with Crippen LogP contribution in [0.25, 0.3) is 11.1 Å². The van der Waals surface area contributed by atoms with Crippen molar-refractivity contribution < 1.29 is 9.90 Å². The molecule has 1 saturated carbocycles. The molecule has 1 atom stereocenters. The number of hydrogen-bond acceptors (Lipinski definition) is 3. The van der Waals surface area contributed by atoms with Gasteiger partial charge in [-0.15, -0.1) is 0 Å². The standard InChI is InChI=1S/C18H20N2O2/c21-9-8-17(14-6-7-14)20-18(22)16-10-15(11-19-12-16)13-4-2-1-3-5-13/h1-5,10-12,14,17,21H,6-9H2,(H,20,22). The second-order valence-electron chi connectivity index (χ2n) is 5.76. The van der Waals surface area contributed by atoms with Crippen molar-refractivity contribution in [2.45, 2.75) is 25.3 Å². The van der Waals surface area contributed by atoms with Gasteiger partial charge in [0, 0.05) is 30.6 Å². The van der Waals surface area contributed by atoms with Crippen LogP contribution < -0.4 is 5.32 Å². The normalized spacial score (nSPS) is 15.3. The molecular formula is C18H20N2O2. The molecule has 3 rings (SSSR count). The number of hydrogen-bond donors (Lipinski definition) is 2. The lowest BCUT2D eigenvalue weighted by Gasteiger charge is -2.17. The number of nitrogens with zero attached hydrogens (tertiary/aromatic N) is 1. The van der Waals surface area contributed by atoms with E-state index in [0.717, 1.165) is 24.0 Å². The van der Waals surface area contributed by atoms with Crippen molar-refractivity contribution in [3.8, 4) is 11.1 Å². The Morgan fingerprint density at radius 3 is 2.68 bits per heavy atom. The second kappa shape index (κ2) is 6.71. The Labute approximate surface area is 130 Å². The minimum absolute atomic E-state index is 0.0675. The number of pyridine rings is 1. The lowest BCUT2D eigenvalue weighted by Crippen LogP contribution is -2.37. The monoisotopic (exact) mass is 296 g/mol. The minimum Gasteiger partial charge on any atom is -0.396 e. The number of aliphatic hydroxyl groups is 1. The highest BCUT2D eigenvalue weighted by Crippen LogP contribution is 2.34. The summed E-state index contributed by atoms with van der Waals surface area (Å²) in [4.78, 5) is 16.6. The van der Waals surface area contributed by atoms with E-state index >= 15 is 0 Å². The van der Waals surface area contributed by atoms with Gasteiger partial charge in [-0.1, -0.05) is 30.3 Å². The lowest BCUT2D eigenvalue weighted by molar-refractivity contribution is 0.0924. The van der Waals surface area contributed by atoms with E-state index in [2.05, 4.69) is 10.3 Å². The van der Waals surface area contributed by atoms with Gasteiger partial charge < -0.3 is 10.4 Å². The number of aliphatic hydroxyl groups excluding tert-OH is 1. The largest absolute Gasteiger partial charge is 0.396 e. The molecule has 2 aromatic rings. The maximum absolute atomic E-state index is 12.4. The van der Waals surface area contributed by atoms with E-state index in [1.807, 2.05) is 36.4 Å². The summed E-state index contributed by atoms with van der Waals surface area (Å²) in [5.41, 5.74) is 2.53. The summed E-state index contributed by atoms with van der Waals surface area (Å²) in [7, 11) is 0. The van der Waals surface area contributed by atoms with Crippen molar-refractivity contribution in [3.05, 3.63) is 54.4 Å². The fourth-order valence-corrected chi connectivity index (χ4v) is 2.67. The average molecular weight is 296 g/mol. The Morgan fingerprint density at radius 1 is 1.23 bits per heavy atom. The molecule has 114 valence electrons. The molecule has 1 fully saturated rings. The molecule has 1 aromatic carbocycles. The Hall–Kier alpha value is -2.20. The Morgan fingerprint density at radius 2 is 2.00 bits per heavy atom. The van der Waals surface area contributed by atoms with Crippen LogP contribution in [0.5, 0.6) is 0 Å². The zero-order valence-corrected chi connectivity index (χ0v) is 12.4. The molecule has 0 aliphatic heterocycles. The van der Waals surface area contributed by atoms with Gasteiger partial charge in [0.25, 0.3) is 5.91 Å². The van der Waals surface area contributed by atoms with Gasteiger partial charge in [-0.05, 0) is 36.8 Å². The van der Waals surface area contributed by atoms with Crippen LogP contribution in [0.4, 0.5) is 0 Å². The zero-order valence-electron chi connectivity index (χ0n) is 12.4. The number of aromatic nitrogens is 1. The molecule has 1 heterocycles. The first-order valence-electron chi connectivity index (χ1n) is 7.70. The zero-order chi connectivity index (χ0) is 15.4. The molecule has 2 N–H and O–H groups in total. The molecule has 1 unspecified atom stereocenters. The topological polar surface area (TPSA) is 62.2 Å². The van der Waals surface area contributed by atoms with E-state index in [1.165, 1.54) is 0 Å². The molecular weight excluding hydrogens is 276 g/mol. The van der Waals surface area contributed by atoms with Crippen molar-refractivity contribution in [1.29, 1.82) is 0 Å². The smallest absolute Gasteiger partial charge is 0.253 e. The molecule has 0 bridgehead atoms.